The summed E-state index contributed by atoms with van der Waals surface area (Å²) in [6, 6.07) is 18.2. The molecule has 2 aromatic carbocycles. The van der Waals surface area contributed by atoms with Crippen LogP contribution in [0.5, 0.6) is 11.5 Å². The average molecular weight is 330 g/mol. The molecule has 6 heteroatoms. The van der Waals surface area contributed by atoms with Gasteiger partial charge in [-0.2, -0.15) is 0 Å². The van der Waals surface area contributed by atoms with Gasteiger partial charge in [0.05, 0.1) is 11.0 Å². The van der Waals surface area contributed by atoms with Crippen LogP contribution in [0, 0.1) is 0 Å². The summed E-state index contributed by atoms with van der Waals surface area (Å²) in [7, 11) is 0. The lowest BCUT2D eigenvalue weighted by Gasteiger charge is -2.08. The largest absolute Gasteiger partial charge is 0.457 e. The van der Waals surface area contributed by atoms with Crippen molar-refractivity contribution in [2.45, 2.75) is 0 Å². The van der Waals surface area contributed by atoms with E-state index < -0.39 is 0 Å². The Morgan fingerprint density at radius 1 is 0.960 bits per heavy atom. The summed E-state index contributed by atoms with van der Waals surface area (Å²) in [6.45, 7) is 0. The molecule has 25 heavy (non-hydrogen) atoms. The first-order valence-corrected chi connectivity index (χ1v) is 7.72. The van der Waals surface area contributed by atoms with Crippen molar-refractivity contribution in [1.82, 2.24) is 15.0 Å². The molecule has 2 N–H and O–H groups in total. The van der Waals surface area contributed by atoms with Crippen molar-refractivity contribution >= 4 is 22.6 Å². The Hall–Kier alpha value is -3.67. The molecular weight excluding hydrogens is 316 g/mol. The second kappa shape index (κ2) is 6.45. The van der Waals surface area contributed by atoms with Crippen LogP contribution >= 0.6 is 0 Å². The van der Waals surface area contributed by atoms with E-state index in [-0.39, 0.29) is 11.7 Å². The molecule has 1 amide bonds. The summed E-state index contributed by atoms with van der Waals surface area (Å²) < 4.78 is 5.74. The van der Waals surface area contributed by atoms with Crippen LogP contribution in [-0.4, -0.2) is 20.9 Å². The van der Waals surface area contributed by atoms with Crippen LogP contribution in [0.1, 0.15) is 10.6 Å². The SMILES string of the molecule is O=C(Nc1cccc(Oc2ccncc2)c1)c1nc2ccccc2[nH]1. The number of benzene rings is 2. The highest BCUT2D eigenvalue weighted by atomic mass is 16.5. The number of pyridine rings is 1. The second-order valence-electron chi connectivity index (χ2n) is 5.37. The number of rotatable bonds is 4. The highest BCUT2D eigenvalue weighted by molar-refractivity contribution is 6.03. The number of fused-ring (bicyclic) bond motifs is 1. The van der Waals surface area contributed by atoms with E-state index in [1.807, 2.05) is 36.4 Å². The normalized spacial score (nSPS) is 10.6. The Morgan fingerprint density at radius 3 is 2.64 bits per heavy atom. The highest BCUT2D eigenvalue weighted by Crippen LogP contribution is 2.23. The van der Waals surface area contributed by atoms with Gasteiger partial charge in [-0.1, -0.05) is 18.2 Å². The summed E-state index contributed by atoms with van der Waals surface area (Å²) in [5, 5.41) is 2.82. The fourth-order valence-corrected chi connectivity index (χ4v) is 2.43. The molecule has 0 radical (unpaired) electrons. The topological polar surface area (TPSA) is 79.9 Å². The van der Waals surface area contributed by atoms with E-state index in [0.717, 1.165) is 11.0 Å². The standard InChI is InChI=1S/C19H14N4O2/c24-19(18-22-16-6-1-2-7-17(16)23-18)21-13-4-3-5-15(12-13)25-14-8-10-20-11-9-14/h1-12H,(H,21,24)(H,22,23). The van der Waals surface area contributed by atoms with E-state index in [4.69, 9.17) is 4.74 Å². The number of para-hydroxylation sites is 2. The number of carbonyl (C=O) groups is 1. The number of carbonyl (C=O) groups excluding carboxylic acids is 1. The Labute approximate surface area is 143 Å². The zero-order chi connectivity index (χ0) is 17.1. The third-order valence-electron chi connectivity index (χ3n) is 3.58. The smallest absolute Gasteiger partial charge is 0.291 e. The first-order valence-electron chi connectivity index (χ1n) is 7.72. The van der Waals surface area contributed by atoms with Crippen LogP contribution in [0.3, 0.4) is 0 Å². The Balaban J connectivity index is 1.52. The Kier molecular flexibility index (Phi) is 3.84. The number of anilines is 1. The predicted octanol–water partition coefficient (Wildman–Crippen LogP) is 4.00. The van der Waals surface area contributed by atoms with Gasteiger partial charge in [-0.3, -0.25) is 9.78 Å². The number of aromatic nitrogens is 3. The third-order valence-corrected chi connectivity index (χ3v) is 3.58. The minimum Gasteiger partial charge on any atom is -0.457 e. The van der Waals surface area contributed by atoms with Gasteiger partial charge in [-0.25, -0.2) is 4.98 Å². The number of aromatic amines is 1. The molecule has 0 bridgehead atoms. The summed E-state index contributed by atoms with van der Waals surface area (Å²) in [5.74, 6) is 1.25. The number of H-pyrrole nitrogens is 1. The molecule has 0 aliphatic rings. The molecule has 6 nitrogen and oxygen atoms in total. The highest BCUT2D eigenvalue weighted by Gasteiger charge is 2.11. The van der Waals surface area contributed by atoms with Crippen molar-refractivity contribution in [3.63, 3.8) is 0 Å². The minimum absolute atomic E-state index is 0.265. The lowest BCUT2D eigenvalue weighted by molar-refractivity contribution is 0.101. The zero-order valence-electron chi connectivity index (χ0n) is 13.1. The van der Waals surface area contributed by atoms with Gasteiger partial charge in [-0.05, 0) is 36.4 Å². The lowest BCUT2D eigenvalue weighted by Crippen LogP contribution is -2.13. The molecule has 2 heterocycles. The molecule has 0 spiro atoms. The van der Waals surface area contributed by atoms with Gasteiger partial charge in [-0.15, -0.1) is 0 Å². The molecule has 0 saturated heterocycles. The van der Waals surface area contributed by atoms with Crippen LogP contribution in [0.4, 0.5) is 5.69 Å². The molecule has 0 unspecified atom stereocenters. The maximum absolute atomic E-state index is 12.4. The fraction of sp³-hybridized carbons (Fsp3) is 0. The minimum atomic E-state index is -0.308. The molecule has 0 aliphatic heterocycles. The van der Waals surface area contributed by atoms with Crippen LogP contribution in [0.15, 0.2) is 73.1 Å². The van der Waals surface area contributed by atoms with E-state index >= 15 is 0 Å². The zero-order valence-corrected chi connectivity index (χ0v) is 13.1. The summed E-state index contributed by atoms with van der Waals surface area (Å²) >= 11 is 0. The molecule has 4 aromatic rings. The quantitative estimate of drug-likeness (QED) is 0.592. The van der Waals surface area contributed by atoms with E-state index in [2.05, 4.69) is 20.3 Å². The fourth-order valence-electron chi connectivity index (χ4n) is 2.43. The van der Waals surface area contributed by atoms with Crippen molar-refractivity contribution in [1.29, 1.82) is 0 Å². The molecule has 2 aromatic heterocycles. The van der Waals surface area contributed by atoms with Gasteiger partial charge in [0.25, 0.3) is 5.91 Å². The van der Waals surface area contributed by atoms with Gasteiger partial charge in [0.15, 0.2) is 5.82 Å². The van der Waals surface area contributed by atoms with Crippen LogP contribution in [0.25, 0.3) is 11.0 Å². The summed E-state index contributed by atoms with van der Waals surface area (Å²) in [6.07, 6.45) is 3.31. The lowest BCUT2D eigenvalue weighted by atomic mass is 10.3. The first-order chi connectivity index (χ1) is 12.3. The Morgan fingerprint density at radius 2 is 1.80 bits per heavy atom. The summed E-state index contributed by atoms with van der Waals surface area (Å²) in [5.41, 5.74) is 2.20. The third kappa shape index (κ3) is 3.32. The maximum atomic E-state index is 12.4. The van der Waals surface area contributed by atoms with Gasteiger partial charge in [0.2, 0.25) is 0 Å². The van der Waals surface area contributed by atoms with Gasteiger partial charge < -0.3 is 15.0 Å². The Bertz CT molecular complexity index is 995. The second-order valence-corrected chi connectivity index (χ2v) is 5.37. The van der Waals surface area contributed by atoms with E-state index in [1.165, 1.54) is 0 Å². The first kappa shape index (κ1) is 14.9. The van der Waals surface area contributed by atoms with Gasteiger partial charge in [0.1, 0.15) is 11.5 Å². The molecule has 0 atom stereocenters. The number of nitrogens with zero attached hydrogens (tertiary/aromatic N) is 2. The monoisotopic (exact) mass is 330 g/mol. The number of hydrogen-bond donors (Lipinski definition) is 2. The van der Waals surface area contributed by atoms with Crippen molar-refractivity contribution in [2.75, 3.05) is 5.32 Å². The number of nitrogens with one attached hydrogen (secondary N) is 2. The predicted molar refractivity (Wildman–Crippen MR) is 94.8 cm³/mol. The van der Waals surface area contributed by atoms with E-state index in [1.54, 1.807) is 36.7 Å². The van der Waals surface area contributed by atoms with Crippen molar-refractivity contribution < 1.29 is 9.53 Å². The van der Waals surface area contributed by atoms with E-state index in [0.29, 0.717) is 17.2 Å². The van der Waals surface area contributed by atoms with Crippen molar-refractivity contribution in [2.24, 2.45) is 0 Å². The number of amides is 1. The van der Waals surface area contributed by atoms with Crippen molar-refractivity contribution in [3.8, 4) is 11.5 Å². The maximum Gasteiger partial charge on any atom is 0.291 e. The van der Waals surface area contributed by atoms with Crippen LogP contribution in [0.2, 0.25) is 0 Å². The average Bonchev–Trinajstić information content (AvgIpc) is 3.07. The summed E-state index contributed by atoms with van der Waals surface area (Å²) in [4.78, 5) is 23.6. The number of hydrogen-bond acceptors (Lipinski definition) is 4. The van der Waals surface area contributed by atoms with Crippen LogP contribution < -0.4 is 10.1 Å². The molecular formula is C19H14N4O2. The molecule has 4 rings (SSSR count). The number of ether oxygens (including phenoxy) is 1. The van der Waals surface area contributed by atoms with E-state index in [9.17, 15) is 4.79 Å². The number of imidazole rings is 1. The molecule has 0 saturated carbocycles. The molecule has 0 aliphatic carbocycles. The van der Waals surface area contributed by atoms with Gasteiger partial charge >= 0.3 is 0 Å². The molecule has 0 fully saturated rings. The van der Waals surface area contributed by atoms with Gasteiger partial charge in [0, 0.05) is 24.1 Å². The molecule has 122 valence electrons. The van der Waals surface area contributed by atoms with Crippen LogP contribution in [-0.2, 0) is 0 Å². The van der Waals surface area contributed by atoms with Crippen molar-refractivity contribution in [3.05, 3.63) is 78.9 Å².